The first kappa shape index (κ1) is 11.7. The first-order valence-corrected chi connectivity index (χ1v) is 4.42. The van der Waals surface area contributed by atoms with Gasteiger partial charge in [-0.25, -0.2) is 0 Å². The summed E-state index contributed by atoms with van der Waals surface area (Å²) in [7, 11) is 0. The summed E-state index contributed by atoms with van der Waals surface area (Å²) in [5, 5.41) is 0. The van der Waals surface area contributed by atoms with E-state index in [1.807, 2.05) is 19.1 Å². The minimum atomic E-state index is -0.374. The molecule has 0 fully saturated rings. The molecule has 0 heterocycles. The van der Waals surface area contributed by atoms with Crippen molar-refractivity contribution in [3.63, 3.8) is 0 Å². The van der Waals surface area contributed by atoms with Crippen LogP contribution in [0, 0.1) is 18.3 Å². The lowest BCUT2D eigenvalue weighted by atomic mass is 10.1. The van der Waals surface area contributed by atoms with Gasteiger partial charge in [0.1, 0.15) is 5.78 Å². The number of hydrogen-bond acceptors (Lipinski definition) is 1. The molecule has 0 aromatic rings. The Morgan fingerprint density at radius 3 is 2.54 bits per heavy atom. The molecular weight excluding hydrogens is 160 g/mol. The van der Waals surface area contributed by atoms with Gasteiger partial charge in [0.15, 0.2) is 0 Å². The molecule has 1 atom stereocenters. The molecule has 0 radical (unpaired) electrons. The average Bonchev–Trinajstić information content (AvgIpc) is 2.11. The van der Waals surface area contributed by atoms with E-state index in [1.54, 1.807) is 6.08 Å². The van der Waals surface area contributed by atoms with Crippen LogP contribution >= 0.6 is 0 Å². The topological polar surface area (TPSA) is 17.1 Å². The average molecular weight is 176 g/mol. The highest BCUT2D eigenvalue weighted by Crippen LogP contribution is 2.02. The van der Waals surface area contributed by atoms with Gasteiger partial charge in [0.25, 0.3) is 0 Å². The van der Waals surface area contributed by atoms with Gasteiger partial charge in [-0.3, -0.25) is 4.79 Å². The van der Waals surface area contributed by atoms with Crippen molar-refractivity contribution in [2.45, 2.75) is 27.2 Å². The highest BCUT2D eigenvalue weighted by Gasteiger charge is 2.03. The summed E-state index contributed by atoms with van der Waals surface area (Å²) in [5.74, 6) is 2.07. The van der Waals surface area contributed by atoms with E-state index >= 15 is 0 Å². The van der Waals surface area contributed by atoms with E-state index in [4.69, 9.17) is 6.42 Å². The number of rotatable bonds is 4. The molecule has 0 rings (SSSR count). The summed E-state index contributed by atoms with van der Waals surface area (Å²) in [5.41, 5.74) is 1.27. The van der Waals surface area contributed by atoms with E-state index in [0.717, 1.165) is 6.42 Å². The Kier molecular flexibility index (Phi) is 5.63. The minimum Gasteiger partial charge on any atom is -0.298 e. The first-order chi connectivity index (χ1) is 6.11. The van der Waals surface area contributed by atoms with Gasteiger partial charge in [0.2, 0.25) is 0 Å². The second-order valence-electron chi connectivity index (χ2n) is 3.01. The highest BCUT2D eigenvalue weighted by atomic mass is 16.1. The van der Waals surface area contributed by atoms with E-state index in [-0.39, 0.29) is 11.7 Å². The Morgan fingerprint density at radius 2 is 2.15 bits per heavy atom. The standard InChI is InChI=1S/C12H16O/c1-5-10(3)8-7-9-12(6-2)11(4)13/h2,7-9,12H,5H2,1,3-4H3/b9-7-,10-8-. The second kappa shape index (κ2) is 6.25. The van der Waals surface area contributed by atoms with E-state index in [9.17, 15) is 4.79 Å². The third-order valence-corrected chi connectivity index (χ3v) is 1.86. The molecule has 0 aliphatic rings. The number of carbonyl (C=O) groups is 1. The van der Waals surface area contributed by atoms with Crippen molar-refractivity contribution in [2.24, 2.45) is 5.92 Å². The van der Waals surface area contributed by atoms with Crippen molar-refractivity contribution in [3.8, 4) is 12.3 Å². The number of ketones is 1. The predicted octanol–water partition coefficient (Wildman–Crippen LogP) is 2.74. The molecule has 1 nitrogen and oxygen atoms in total. The summed E-state index contributed by atoms with van der Waals surface area (Å²) in [6.07, 6.45) is 11.8. The van der Waals surface area contributed by atoms with Crippen molar-refractivity contribution in [1.82, 2.24) is 0 Å². The number of hydrogen-bond donors (Lipinski definition) is 0. The molecule has 0 saturated heterocycles. The van der Waals surface area contributed by atoms with Crippen LogP contribution in [0.25, 0.3) is 0 Å². The second-order valence-corrected chi connectivity index (χ2v) is 3.01. The fourth-order valence-electron chi connectivity index (χ4n) is 0.757. The van der Waals surface area contributed by atoms with Crippen LogP contribution in [-0.2, 0) is 4.79 Å². The van der Waals surface area contributed by atoms with Crippen LogP contribution in [0.2, 0.25) is 0 Å². The zero-order valence-corrected chi connectivity index (χ0v) is 8.50. The minimum absolute atomic E-state index is 0.0151. The molecule has 0 amide bonds. The third kappa shape index (κ3) is 5.03. The van der Waals surface area contributed by atoms with Crippen molar-refractivity contribution >= 4 is 5.78 Å². The van der Waals surface area contributed by atoms with Crippen molar-refractivity contribution in [2.75, 3.05) is 0 Å². The third-order valence-electron chi connectivity index (χ3n) is 1.86. The van der Waals surface area contributed by atoms with Crippen LogP contribution in [0.5, 0.6) is 0 Å². The Hall–Kier alpha value is -1.29. The molecule has 0 bridgehead atoms. The van der Waals surface area contributed by atoms with Gasteiger partial charge in [-0.1, -0.05) is 36.6 Å². The van der Waals surface area contributed by atoms with Crippen LogP contribution in [0.4, 0.5) is 0 Å². The number of allylic oxidation sites excluding steroid dienone is 4. The molecule has 0 spiro atoms. The molecule has 0 aliphatic carbocycles. The van der Waals surface area contributed by atoms with E-state index in [2.05, 4.69) is 12.8 Å². The van der Waals surface area contributed by atoms with Gasteiger partial charge >= 0.3 is 0 Å². The molecule has 0 aliphatic heterocycles. The van der Waals surface area contributed by atoms with Crippen molar-refractivity contribution in [1.29, 1.82) is 0 Å². The molecule has 0 N–H and O–H groups in total. The van der Waals surface area contributed by atoms with Crippen LogP contribution in [0.1, 0.15) is 27.2 Å². The maximum atomic E-state index is 10.9. The van der Waals surface area contributed by atoms with E-state index in [1.165, 1.54) is 12.5 Å². The molecular formula is C12H16O. The van der Waals surface area contributed by atoms with Crippen LogP contribution in [0.3, 0.4) is 0 Å². The Morgan fingerprint density at radius 1 is 1.54 bits per heavy atom. The molecule has 0 aromatic heterocycles. The molecule has 0 saturated carbocycles. The summed E-state index contributed by atoms with van der Waals surface area (Å²) >= 11 is 0. The van der Waals surface area contributed by atoms with Gasteiger partial charge in [-0.05, 0) is 20.3 Å². The maximum absolute atomic E-state index is 10.9. The number of carbonyl (C=O) groups excluding carboxylic acids is 1. The zero-order chi connectivity index (χ0) is 10.3. The Labute approximate surface area is 80.5 Å². The molecule has 1 unspecified atom stereocenters. The highest BCUT2D eigenvalue weighted by molar-refractivity contribution is 5.83. The Balaban J connectivity index is 4.27. The van der Waals surface area contributed by atoms with Gasteiger partial charge in [0, 0.05) is 0 Å². The largest absolute Gasteiger partial charge is 0.298 e. The smallest absolute Gasteiger partial charge is 0.148 e. The number of terminal acetylenes is 1. The van der Waals surface area contributed by atoms with Gasteiger partial charge < -0.3 is 0 Å². The summed E-state index contributed by atoms with van der Waals surface area (Å²) in [4.78, 5) is 10.9. The Bertz CT molecular complexity index is 263. The van der Waals surface area contributed by atoms with Gasteiger partial charge in [0.05, 0.1) is 5.92 Å². The van der Waals surface area contributed by atoms with Crippen LogP contribution in [-0.4, -0.2) is 5.78 Å². The summed E-state index contributed by atoms with van der Waals surface area (Å²) in [6.45, 7) is 5.64. The number of Topliss-reactive ketones (excluding diaryl/α,β-unsaturated/α-hetero) is 1. The monoisotopic (exact) mass is 176 g/mol. The van der Waals surface area contributed by atoms with Gasteiger partial charge in [-0.2, -0.15) is 0 Å². The van der Waals surface area contributed by atoms with Gasteiger partial charge in [-0.15, -0.1) is 6.42 Å². The zero-order valence-electron chi connectivity index (χ0n) is 8.50. The first-order valence-electron chi connectivity index (χ1n) is 4.42. The van der Waals surface area contributed by atoms with E-state index in [0.29, 0.717) is 0 Å². The van der Waals surface area contributed by atoms with Crippen molar-refractivity contribution < 1.29 is 4.79 Å². The quantitative estimate of drug-likeness (QED) is 0.475. The lowest BCUT2D eigenvalue weighted by molar-refractivity contribution is -0.118. The lowest BCUT2D eigenvalue weighted by Crippen LogP contribution is -2.03. The lowest BCUT2D eigenvalue weighted by Gasteiger charge is -1.96. The van der Waals surface area contributed by atoms with Crippen molar-refractivity contribution in [3.05, 3.63) is 23.8 Å². The fraction of sp³-hybridized carbons (Fsp3) is 0.417. The molecule has 13 heavy (non-hydrogen) atoms. The predicted molar refractivity (Wildman–Crippen MR) is 56.2 cm³/mol. The summed E-state index contributed by atoms with van der Waals surface area (Å²) in [6, 6.07) is 0. The fourth-order valence-corrected chi connectivity index (χ4v) is 0.757. The summed E-state index contributed by atoms with van der Waals surface area (Å²) < 4.78 is 0. The molecule has 1 heteroatoms. The molecule has 0 aromatic carbocycles. The van der Waals surface area contributed by atoms with Crippen LogP contribution in [0.15, 0.2) is 23.8 Å². The normalized spacial score (nSPS) is 14.2. The molecule has 70 valence electrons. The SMILES string of the molecule is C#CC(/C=C\C=C(\C)CC)C(C)=O. The van der Waals surface area contributed by atoms with Crippen LogP contribution < -0.4 is 0 Å². The van der Waals surface area contributed by atoms with E-state index < -0.39 is 0 Å². The maximum Gasteiger partial charge on any atom is 0.148 e.